The maximum absolute atomic E-state index is 6.23. The Hall–Kier alpha value is -2.18. The quantitative estimate of drug-likeness (QED) is 0.531. The summed E-state index contributed by atoms with van der Waals surface area (Å²) in [6, 6.07) is 6.54. The molecule has 0 amide bonds. The molecule has 6 nitrogen and oxygen atoms in total. The highest BCUT2D eigenvalue weighted by atomic mass is 15.3. The topological polar surface area (TPSA) is 72.0 Å². The molecule has 3 aromatic rings. The lowest BCUT2D eigenvalue weighted by atomic mass is 10.0. The second kappa shape index (κ2) is 9.09. The number of nitrogens with two attached hydrogens (primary N) is 1. The third kappa shape index (κ3) is 5.25. The Bertz CT molecular complexity index is 953. The van der Waals surface area contributed by atoms with Gasteiger partial charge < -0.3 is 10.6 Å². The molecular formula is C23H36N6. The van der Waals surface area contributed by atoms with Crippen molar-refractivity contribution in [1.82, 2.24) is 25.0 Å². The van der Waals surface area contributed by atoms with Crippen LogP contribution in [0.2, 0.25) is 0 Å². The summed E-state index contributed by atoms with van der Waals surface area (Å²) in [6.07, 6.45) is 6.71. The first kappa shape index (κ1) is 21.5. The molecule has 0 atom stereocenters. The van der Waals surface area contributed by atoms with Crippen molar-refractivity contribution >= 4 is 27.6 Å². The molecule has 0 fully saturated rings. The fraction of sp³-hybridized carbons (Fsp3) is 0.565. The van der Waals surface area contributed by atoms with Gasteiger partial charge in [-0.25, -0.2) is 4.98 Å². The number of anilines is 1. The number of pyridine rings is 1. The lowest BCUT2D eigenvalue weighted by Gasteiger charge is -2.31. The molecule has 158 valence electrons. The lowest BCUT2D eigenvalue weighted by molar-refractivity contribution is 0.172. The summed E-state index contributed by atoms with van der Waals surface area (Å²) in [5.74, 6) is 0.553. The SMILES string of the molecule is CCNCn1cc2c(N)nc3cc(CCCCCN(C)C(C)(C)C)ccc3c2n1. The van der Waals surface area contributed by atoms with E-state index >= 15 is 0 Å². The van der Waals surface area contributed by atoms with E-state index in [0.29, 0.717) is 12.5 Å². The van der Waals surface area contributed by atoms with E-state index < -0.39 is 0 Å². The molecule has 3 rings (SSSR count). The van der Waals surface area contributed by atoms with Crippen LogP contribution in [-0.4, -0.2) is 45.3 Å². The van der Waals surface area contributed by atoms with Gasteiger partial charge in [-0.15, -0.1) is 0 Å². The lowest BCUT2D eigenvalue weighted by Crippen LogP contribution is -2.38. The van der Waals surface area contributed by atoms with Gasteiger partial charge in [-0.1, -0.05) is 25.5 Å². The van der Waals surface area contributed by atoms with Crippen molar-refractivity contribution in [2.45, 2.75) is 65.6 Å². The Morgan fingerprint density at radius 2 is 1.93 bits per heavy atom. The van der Waals surface area contributed by atoms with Crippen molar-refractivity contribution in [2.24, 2.45) is 0 Å². The van der Waals surface area contributed by atoms with Crippen LogP contribution in [0.1, 0.15) is 52.5 Å². The average Bonchev–Trinajstić information content (AvgIpc) is 3.10. The number of fused-ring (bicyclic) bond motifs is 3. The van der Waals surface area contributed by atoms with E-state index in [1.807, 2.05) is 10.9 Å². The van der Waals surface area contributed by atoms with Gasteiger partial charge >= 0.3 is 0 Å². The Kier molecular flexibility index (Phi) is 6.75. The predicted molar refractivity (Wildman–Crippen MR) is 123 cm³/mol. The Labute approximate surface area is 174 Å². The predicted octanol–water partition coefficient (Wildman–Crippen LogP) is 4.18. The van der Waals surface area contributed by atoms with Crippen molar-refractivity contribution < 1.29 is 0 Å². The zero-order valence-electron chi connectivity index (χ0n) is 18.6. The van der Waals surface area contributed by atoms with Gasteiger partial charge in [-0.2, -0.15) is 5.10 Å². The summed E-state index contributed by atoms with van der Waals surface area (Å²) in [5, 5.41) is 10.00. The summed E-state index contributed by atoms with van der Waals surface area (Å²) in [7, 11) is 2.21. The van der Waals surface area contributed by atoms with E-state index in [-0.39, 0.29) is 5.54 Å². The van der Waals surface area contributed by atoms with Crippen LogP contribution in [0.25, 0.3) is 21.8 Å². The standard InChI is InChI=1S/C23H36N6/c1-6-25-16-29-15-19-21(27-29)18-12-11-17(14-20(18)26-22(19)24)10-8-7-9-13-28(5)23(2,3)4/h11-12,14-15,25H,6-10,13,16H2,1-5H3,(H2,24,26). The molecule has 0 saturated heterocycles. The fourth-order valence-electron chi connectivity index (χ4n) is 3.52. The van der Waals surface area contributed by atoms with Crippen molar-refractivity contribution in [3.05, 3.63) is 30.0 Å². The molecule has 0 aliphatic rings. The highest BCUT2D eigenvalue weighted by Gasteiger charge is 2.15. The van der Waals surface area contributed by atoms with Crippen LogP contribution in [-0.2, 0) is 13.1 Å². The van der Waals surface area contributed by atoms with Gasteiger partial charge in [0, 0.05) is 17.1 Å². The van der Waals surface area contributed by atoms with Gasteiger partial charge in [0.1, 0.15) is 11.3 Å². The van der Waals surface area contributed by atoms with Gasteiger partial charge in [0.25, 0.3) is 0 Å². The van der Waals surface area contributed by atoms with E-state index in [9.17, 15) is 0 Å². The highest BCUT2D eigenvalue weighted by Crippen LogP contribution is 2.27. The van der Waals surface area contributed by atoms with Crippen molar-refractivity contribution in [3.63, 3.8) is 0 Å². The third-order valence-corrected chi connectivity index (χ3v) is 5.72. The molecule has 0 spiro atoms. The first-order valence-corrected chi connectivity index (χ1v) is 10.8. The average molecular weight is 397 g/mol. The van der Waals surface area contributed by atoms with Crippen LogP contribution < -0.4 is 11.1 Å². The number of aryl methyl sites for hydroxylation is 1. The molecular weight excluding hydrogens is 360 g/mol. The smallest absolute Gasteiger partial charge is 0.135 e. The molecule has 29 heavy (non-hydrogen) atoms. The van der Waals surface area contributed by atoms with Crippen molar-refractivity contribution in [2.75, 3.05) is 25.9 Å². The Morgan fingerprint density at radius 3 is 2.66 bits per heavy atom. The zero-order chi connectivity index (χ0) is 21.0. The molecule has 0 unspecified atom stereocenters. The first-order valence-electron chi connectivity index (χ1n) is 10.8. The summed E-state index contributed by atoms with van der Waals surface area (Å²) in [6.45, 7) is 11.6. The normalized spacial score (nSPS) is 12.5. The second-order valence-electron chi connectivity index (χ2n) is 8.94. The molecule has 2 heterocycles. The molecule has 0 bridgehead atoms. The number of benzene rings is 1. The number of hydrogen-bond acceptors (Lipinski definition) is 5. The van der Waals surface area contributed by atoms with Gasteiger partial charge in [0.15, 0.2) is 0 Å². The summed E-state index contributed by atoms with van der Waals surface area (Å²) < 4.78 is 1.90. The number of hydrogen-bond donors (Lipinski definition) is 2. The number of unbranched alkanes of at least 4 members (excludes halogenated alkanes) is 2. The molecule has 1 aromatic carbocycles. The molecule has 0 saturated carbocycles. The fourth-order valence-corrected chi connectivity index (χ4v) is 3.52. The van der Waals surface area contributed by atoms with Crippen LogP contribution in [0.4, 0.5) is 5.82 Å². The van der Waals surface area contributed by atoms with Crippen LogP contribution in [0.3, 0.4) is 0 Å². The minimum absolute atomic E-state index is 0.245. The minimum atomic E-state index is 0.245. The molecule has 0 aliphatic carbocycles. The highest BCUT2D eigenvalue weighted by molar-refractivity contribution is 6.07. The van der Waals surface area contributed by atoms with Crippen LogP contribution in [0.15, 0.2) is 24.4 Å². The van der Waals surface area contributed by atoms with Gasteiger partial charge in [0.05, 0.1) is 17.6 Å². The van der Waals surface area contributed by atoms with Gasteiger partial charge in [-0.05, 0) is 71.8 Å². The number of rotatable bonds is 9. The summed E-state index contributed by atoms with van der Waals surface area (Å²) in [5.41, 5.74) is 9.66. The van der Waals surface area contributed by atoms with E-state index in [4.69, 9.17) is 10.8 Å². The van der Waals surface area contributed by atoms with E-state index in [1.54, 1.807) is 0 Å². The minimum Gasteiger partial charge on any atom is -0.383 e. The molecule has 6 heteroatoms. The molecule has 3 N–H and O–H groups in total. The van der Waals surface area contributed by atoms with Gasteiger partial charge in [-0.3, -0.25) is 10.00 Å². The maximum Gasteiger partial charge on any atom is 0.135 e. The number of nitrogens with zero attached hydrogens (tertiary/aromatic N) is 4. The number of aromatic nitrogens is 3. The number of nitrogens with one attached hydrogen (secondary N) is 1. The number of nitrogen functional groups attached to an aromatic ring is 1. The summed E-state index contributed by atoms with van der Waals surface area (Å²) >= 11 is 0. The molecule has 0 radical (unpaired) electrons. The summed E-state index contributed by atoms with van der Waals surface area (Å²) in [4.78, 5) is 7.08. The van der Waals surface area contributed by atoms with Crippen LogP contribution in [0.5, 0.6) is 0 Å². The van der Waals surface area contributed by atoms with Crippen LogP contribution >= 0.6 is 0 Å². The third-order valence-electron chi connectivity index (χ3n) is 5.72. The van der Waals surface area contributed by atoms with E-state index in [2.05, 4.69) is 68.1 Å². The zero-order valence-corrected chi connectivity index (χ0v) is 18.6. The van der Waals surface area contributed by atoms with Crippen LogP contribution in [0, 0.1) is 0 Å². The van der Waals surface area contributed by atoms with Gasteiger partial charge in [0.2, 0.25) is 0 Å². The Morgan fingerprint density at radius 1 is 1.14 bits per heavy atom. The second-order valence-corrected chi connectivity index (χ2v) is 8.94. The molecule has 0 aliphatic heterocycles. The van der Waals surface area contributed by atoms with E-state index in [1.165, 1.54) is 24.8 Å². The van der Waals surface area contributed by atoms with Crippen molar-refractivity contribution in [1.29, 1.82) is 0 Å². The van der Waals surface area contributed by atoms with E-state index in [0.717, 1.165) is 41.3 Å². The molecule has 2 aromatic heterocycles. The maximum atomic E-state index is 6.23. The monoisotopic (exact) mass is 396 g/mol. The van der Waals surface area contributed by atoms with Crippen molar-refractivity contribution in [3.8, 4) is 0 Å². The largest absolute Gasteiger partial charge is 0.383 e. The first-order chi connectivity index (χ1) is 13.8. The Balaban J connectivity index is 1.66.